The molecule has 40 heavy (non-hydrogen) atoms. The summed E-state index contributed by atoms with van der Waals surface area (Å²) in [5, 5.41) is 21.2. The molecule has 204 valence electrons. The number of aryl methyl sites for hydroxylation is 5. The molecule has 3 aromatic carbocycles. The molecule has 9 heteroatoms. The van der Waals surface area contributed by atoms with Crippen LogP contribution in [0.3, 0.4) is 0 Å². The molecule has 0 aliphatic carbocycles. The molecule has 0 saturated carbocycles. The molecule has 5 rings (SSSR count). The highest BCUT2D eigenvalue weighted by molar-refractivity contribution is 6.15. The number of rotatable bonds is 6. The first kappa shape index (κ1) is 26.8. The monoisotopic (exact) mass is 537 g/mol. The lowest BCUT2D eigenvalue weighted by Crippen LogP contribution is -2.34. The number of aromatic amines is 1. The van der Waals surface area contributed by atoms with Gasteiger partial charge in [-0.1, -0.05) is 30.3 Å². The van der Waals surface area contributed by atoms with Crippen LogP contribution in [0.15, 0.2) is 70.6 Å². The van der Waals surface area contributed by atoms with E-state index in [1.54, 1.807) is 32.0 Å². The van der Waals surface area contributed by atoms with Gasteiger partial charge < -0.3 is 0 Å². The van der Waals surface area contributed by atoms with Crippen molar-refractivity contribution in [2.75, 3.05) is 5.01 Å². The molecule has 4 aromatic rings. The Morgan fingerprint density at radius 1 is 0.850 bits per heavy atom. The van der Waals surface area contributed by atoms with Gasteiger partial charge in [-0.25, -0.2) is 9.69 Å². The van der Waals surface area contributed by atoms with Gasteiger partial charge >= 0.3 is 0 Å². The summed E-state index contributed by atoms with van der Waals surface area (Å²) < 4.78 is 1.44. The average molecular weight is 538 g/mol. The minimum atomic E-state index is -0.939. The summed E-state index contributed by atoms with van der Waals surface area (Å²) >= 11 is 0. The molecule has 0 unspecified atom stereocenters. The van der Waals surface area contributed by atoms with Crippen molar-refractivity contribution in [1.29, 1.82) is 0 Å². The maximum absolute atomic E-state index is 14.1. The van der Waals surface area contributed by atoms with Crippen LogP contribution in [-0.2, 0) is 4.79 Å². The first-order valence-corrected chi connectivity index (χ1v) is 13.1. The van der Waals surface area contributed by atoms with Gasteiger partial charge in [0.05, 0.1) is 22.2 Å². The van der Waals surface area contributed by atoms with Crippen LogP contribution in [-0.4, -0.2) is 26.3 Å². The molecule has 0 spiro atoms. The van der Waals surface area contributed by atoms with E-state index < -0.39 is 16.8 Å². The maximum Gasteiger partial charge on any atom is 0.275 e. The zero-order chi connectivity index (χ0) is 28.9. The van der Waals surface area contributed by atoms with Gasteiger partial charge in [0, 0.05) is 34.5 Å². The molecule has 2 heterocycles. The number of aromatic nitrogens is 2. The number of hydrogen-bond donors (Lipinski definition) is 1. The standard InChI is InChI=1S/C31H31N5O4/c1-17-11-13-23(15-19(17)3)34-30(37)27(21(5)32-34)29(25-9-7-8-10-26(25)36(39)40)28-22(6)33-35(31(28)38)24-14-12-18(2)20(4)16-24/h7-16,27,29,33H,1-6H3/t27-,29-/m1/s1. The maximum atomic E-state index is 14.1. The molecule has 1 aliphatic heterocycles. The lowest BCUT2D eigenvalue weighted by Gasteiger charge is -2.23. The summed E-state index contributed by atoms with van der Waals surface area (Å²) in [6, 6.07) is 17.6. The number of amides is 1. The molecule has 0 saturated heterocycles. The van der Waals surface area contributed by atoms with Crippen molar-refractivity contribution in [3.63, 3.8) is 0 Å². The molecule has 0 bridgehead atoms. The first-order chi connectivity index (χ1) is 19.0. The van der Waals surface area contributed by atoms with E-state index >= 15 is 0 Å². The summed E-state index contributed by atoms with van der Waals surface area (Å²) in [5.41, 5.74) is 6.51. The number of H-pyrrole nitrogens is 1. The van der Waals surface area contributed by atoms with E-state index in [4.69, 9.17) is 0 Å². The van der Waals surface area contributed by atoms with Crippen LogP contribution >= 0.6 is 0 Å². The normalized spacial score (nSPS) is 15.8. The first-order valence-electron chi connectivity index (χ1n) is 13.1. The van der Waals surface area contributed by atoms with Crippen molar-refractivity contribution in [3.05, 3.63) is 120 Å². The molecule has 1 N–H and O–H groups in total. The van der Waals surface area contributed by atoms with E-state index in [0.29, 0.717) is 28.3 Å². The smallest absolute Gasteiger partial charge is 0.275 e. The predicted octanol–water partition coefficient (Wildman–Crippen LogP) is 5.79. The predicted molar refractivity (Wildman–Crippen MR) is 156 cm³/mol. The Morgan fingerprint density at radius 2 is 1.45 bits per heavy atom. The van der Waals surface area contributed by atoms with Crippen LogP contribution in [0.1, 0.15) is 51.9 Å². The third-order valence-electron chi connectivity index (χ3n) is 7.90. The van der Waals surface area contributed by atoms with Crippen LogP contribution in [0.25, 0.3) is 5.69 Å². The molecule has 1 amide bonds. The van der Waals surface area contributed by atoms with E-state index in [-0.39, 0.29) is 22.7 Å². The van der Waals surface area contributed by atoms with E-state index in [2.05, 4.69) is 10.2 Å². The van der Waals surface area contributed by atoms with Gasteiger partial charge in [0.15, 0.2) is 0 Å². The quantitative estimate of drug-likeness (QED) is 0.248. The topological polar surface area (TPSA) is 114 Å². The third kappa shape index (κ3) is 4.43. The summed E-state index contributed by atoms with van der Waals surface area (Å²) in [6.45, 7) is 11.4. The minimum absolute atomic E-state index is 0.157. The number of nitrogens with zero attached hydrogens (tertiary/aromatic N) is 4. The lowest BCUT2D eigenvalue weighted by atomic mass is 9.77. The molecular weight excluding hydrogens is 506 g/mol. The number of benzene rings is 3. The fourth-order valence-electron chi connectivity index (χ4n) is 5.40. The van der Waals surface area contributed by atoms with E-state index in [1.807, 2.05) is 64.1 Å². The number of nitro benzene ring substituents is 1. The van der Waals surface area contributed by atoms with E-state index in [9.17, 15) is 19.7 Å². The fourth-order valence-corrected chi connectivity index (χ4v) is 5.40. The van der Waals surface area contributed by atoms with Crippen molar-refractivity contribution in [3.8, 4) is 5.69 Å². The number of para-hydroxylation sites is 1. The van der Waals surface area contributed by atoms with Gasteiger partial charge in [-0.3, -0.25) is 24.8 Å². The van der Waals surface area contributed by atoms with Crippen LogP contribution in [0.4, 0.5) is 11.4 Å². The summed E-state index contributed by atoms with van der Waals surface area (Å²) in [4.78, 5) is 39.8. The Kier molecular flexibility index (Phi) is 6.75. The summed E-state index contributed by atoms with van der Waals surface area (Å²) in [6.07, 6.45) is 0. The summed E-state index contributed by atoms with van der Waals surface area (Å²) in [7, 11) is 0. The minimum Gasteiger partial charge on any atom is -0.295 e. The van der Waals surface area contributed by atoms with Gasteiger partial charge in [0.2, 0.25) is 0 Å². The molecule has 9 nitrogen and oxygen atoms in total. The zero-order valence-corrected chi connectivity index (χ0v) is 23.4. The highest BCUT2D eigenvalue weighted by atomic mass is 16.6. The largest absolute Gasteiger partial charge is 0.295 e. The number of nitrogens with one attached hydrogen (secondary N) is 1. The average Bonchev–Trinajstić information content (AvgIpc) is 3.38. The van der Waals surface area contributed by atoms with E-state index in [1.165, 1.54) is 15.8 Å². The highest BCUT2D eigenvalue weighted by Crippen LogP contribution is 2.41. The van der Waals surface area contributed by atoms with Crippen LogP contribution in [0.2, 0.25) is 0 Å². The van der Waals surface area contributed by atoms with Crippen molar-refractivity contribution >= 4 is 23.0 Å². The number of hydrogen-bond acceptors (Lipinski definition) is 5. The highest BCUT2D eigenvalue weighted by Gasteiger charge is 2.45. The Hall–Kier alpha value is -4.79. The number of hydrazone groups is 1. The molecule has 0 radical (unpaired) electrons. The molecular formula is C31H31N5O4. The van der Waals surface area contributed by atoms with Crippen molar-refractivity contribution in [1.82, 2.24) is 9.78 Å². The molecule has 1 aromatic heterocycles. The van der Waals surface area contributed by atoms with Gasteiger partial charge in [-0.15, -0.1) is 0 Å². The van der Waals surface area contributed by atoms with Gasteiger partial charge in [0.1, 0.15) is 0 Å². The molecule has 1 aliphatic rings. The molecule has 0 fully saturated rings. The Labute approximate surface area is 231 Å². The zero-order valence-electron chi connectivity index (χ0n) is 23.4. The summed E-state index contributed by atoms with van der Waals surface area (Å²) in [5.74, 6) is -2.20. The number of nitro groups is 1. The number of anilines is 1. The van der Waals surface area contributed by atoms with Gasteiger partial charge in [-0.05, 0) is 88.1 Å². The van der Waals surface area contributed by atoms with Crippen molar-refractivity contribution in [2.45, 2.75) is 47.5 Å². The van der Waals surface area contributed by atoms with Crippen molar-refractivity contribution in [2.24, 2.45) is 11.0 Å². The van der Waals surface area contributed by atoms with Gasteiger partial charge in [0.25, 0.3) is 17.2 Å². The SMILES string of the molecule is CC1=NN(c2ccc(C)c(C)c2)C(=O)[C@H]1[C@@H](c1ccccc1[N+](=O)[O-])c1c(C)[nH]n(-c2ccc(C)c(C)c2)c1=O. The number of carbonyl (C=O) groups excluding carboxylic acids is 1. The van der Waals surface area contributed by atoms with Crippen LogP contribution < -0.4 is 10.6 Å². The second-order valence-corrected chi connectivity index (χ2v) is 10.5. The Balaban J connectivity index is 1.71. The fraction of sp³-hybridized carbons (Fsp3) is 0.258. The van der Waals surface area contributed by atoms with Gasteiger partial charge in [-0.2, -0.15) is 5.10 Å². The lowest BCUT2D eigenvalue weighted by molar-refractivity contribution is -0.385. The molecule has 2 atom stereocenters. The van der Waals surface area contributed by atoms with Crippen LogP contribution in [0, 0.1) is 50.7 Å². The van der Waals surface area contributed by atoms with Crippen LogP contribution in [0.5, 0.6) is 0 Å². The Morgan fingerprint density at radius 3 is 2.08 bits per heavy atom. The van der Waals surface area contributed by atoms with E-state index in [0.717, 1.165) is 22.3 Å². The van der Waals surface area contributed by atoms with Crippen molar-refractivity contribution < 1.29 is 9.72 Å². The second-order valence-electron chi connectivity index (χ2n) is 10.5. The Bertz CT molecular complexity index is 1760. The second kappa shape index (κ2) is 10.1. The number of carbonyl (C=O) groups is 1. The third-order valence-corrected chi connectivity index (χ3v) is 7.90.